The molecule has 8 nitrogen and oxygen atoms in total. The maximum Gasteiger partial charge on any atom is 0.232 e. The molecule has 0 spiro atoms. The number of thiazole rings is 1. The lowest BCUT2D eigenvalue weighted by Gasteiger charge is -2.38. The van der Waals surface area contributed by atoms with Gasteiger partial charge in [0.1, 0.15) is 12.1 Å². The SMILES string of the molecule is Cc1csc(NC(=O)C2CN(c3cc(-n4nc(C)cc4C)ncn3)C2)n1. The minimum absolute atomic E-state index is 0.00317. The molecule has 1 fully saturated rings. The Morgan fingerprint density at radius 2 is 1.92 bits per heavy atom. The van der Waals surface area contributed by atoms with Crippen molar-refractivity contribution in [3.05, 3.63) is 40.9 Å². The smallest absolute Gasteiger partial charge is 0.232 e. The normalized spacial score (nSPS) is 14.3. The van der Waals surface area contributed by atoms with Gasteiger partial charge in [0.2, 0.25) is 5.91 Å². The Bertz CT molecular complexity index is 958. The minimum Gasteiger partial charge on any atom is -0.355 e. The number of hydrogen-bond donors (Lipinski definition) is 1. The van der Waals surface area contributed by atoms with Crippen molar-refractivity contribution >= 4 is 28.2 Å². The fourth-order valence-corrected chi connectivity index (χ4v) is 3.63. The first-order valence-corrected chi connectivity index (χ1v) is 9.21. The first-order chi connectivity index (χ1) is 12.5. The molecule has 134 valence electrons. The van der Waals surface area contributed by atoms with E-state index in [9.17, 15) is 4.79 Å². The Labute approximate surface area is 154 Å². The number of carbonyl (C=O) groups is 1. The van der Waals surface area contributed by atoms with E-state index in [1.54, 1.807) is 4.68 Å². The fraction of sp³-hybridized carbons (Fsp3) is 0.353. The van der Waals surface area contributed by atoms with Gasteiger partial charge in [0.25, 0.3) is 0 Å². The molecule has 0 saturated carbocycles. The van der Waals surface area contributed by atoms with Gasteiger partial charge in [-0.15, -0.1) is 11.3 Å². The molecular formula is C17H19N7OS. The predicted molar refractivity (Wildman–Crippen MR) is 99.8 cm³/mol. The first kappa shape index (κ1) is 16.6. The van der Waals surface area contributed by atoms with E-state index in [0.717, 1.165) is 28.7 Å². The molecule has 4 heterocycles. The van der Waals surface area contributed by atoms with Crippen molar-refractivity contribution in [1.82, 2.24) is 24.7 Å². The molecular weight excluding hydrogens is 350 g/mol. The Balaban J connectivity index is 1.42. The fourth-order valence-electron chi connectivity index (χ4n) is 2.94. The summed E-state index contributed by atoms with van der Waals surface area (Å²) >= 11 is 1.44. The van der Waals surface area contributed by atoms with Gasteiger partial charge in [-0.2, -0.15) is 5.10 Å². The number of rotatable bonds is 4. The third-order valence-electron chi connectivity index (χ3n) is 4.29. The summed E-state index contributed by atoms with van der Waals surface area (Å²) in [5.41, 5.74) is 2.88. The van der Waals surface area contributed by atoms with Gasteiger partial charge in [-0.1, -0.05) is 0 Å². The molecule has 1 amide bonds. The molecule has 0 bridgehead atoms. The van der Waals surface area contributed by atoms with Gasteiger partial charge >= 0.3 is 0 Å². The average molecular weight is 369 g/mol. The van der Waals surface area contributed by atoms with Crippen LogP contribution in [0.25, 0.3) is 5.82 Å². The Hall–Kier alpha value is -2.81. The van der Waals surface area contributed by atoms with Gasteiger partial charge < -0.3 is 10.2 Å². The molecule has 0 aromatic carbocycles. The molecule has 1 aliphatic heterocycles. The number of carbonyl (C=O) groups excluding carboxylic acids is 1. The van der Waals surface area contributed by atoms with Crippen LogP contribution in [-0.4, -0.2) is 43.7 Å². The number of anilines is 2. The molecule has 0 aliphatic carbocycles. The molecule has 1 saturated heterocycles. The molecule has 3 aromatic heterocycles. The van der Waals surface area contributed by atoms with Crippen LogP contribution in [0.4, 0.5) is 10.9 Å². The minimum atomic E-state index is -0.0636. The van der Waals surface area contributed by atoms with E-state index in [1.165, 1.54) is 17.7 Å². The van der Waals surface area contributed by atoms with Crippen LogP contribution in [0.1, 0.15) is 17.1 Å². The molecule has 0 radical (unpaired) electrons. The van der Waals surface area contributed by atoms with E-state index in [2.05, 4.69) is 30.3 Å². The van der Waals surface area contributed by atoms with Crippen molar-refractivity contribution in [3.63, 3.8) is 0 Å². The highest BCUT2D eigenvalue weighted by atomic mass is 32.1. The Morgan fingerprint density at radius 1 is 1.15 bits per heavy atom. The monoisotopic (exact) mass is 369 g/mol. The van der Waals surface area contributed by atoms with Gasteiger partial charge in [0.05, 0.1) is 17.3 Å². The number of aryl methyl sites for hydroxylation is 3. The van der Waals surface area contributed by atoms with Crippen LogP contribution in [0.2, 0.25) is 0 Å². The largest absolute Gasteiger partial charge is 0.355 e. The Morgan fingerprint density at radius 3 is 2.58 bits per heavy atom. The van der Waals surface area contributed by atoms with E-state index in [0.29, 0.717) is 18.2 Å². The summed E-state index contributed by atoms with van der Waals surface area (Å²) < 4.78 is 1.80. The van der Waals surface area contributed by atoms with Gasteiger partial charge in [-0.3, -0.25) is 4.79 Å². The number of aromatic nitrogens is 5. The van der Waals surface area contributed by atoms with Crippen molar-refractivity contribution in [2.75, 3.05) is 23.3 Å². The summed E-state index contributed by atoms with van der Waals surface area (Å²) in [7, 11) is 0. The summed E-state index contributed by atoms with van der Waals surface area (Å²) in [5, 5.41) is 9.91. The summed E-state index contributed by atoms with van der Waals surface area (Å²) in [6.07, 6.45) is 1.53. The number of amides is 1. The highest BCUT2D eigenvalue weighted by Crippen LogP contribution is 2.25. The standard InChI is InChI=1S/C17H19N7OS/c1-10-4-12(3)24(22-10)15-5-14(18-9-19-15)23-6-13(7-23)16(25)21-17-20-11(2)8-26-17/h4-5,8-9,13H,6-7H2,1-3H3,(H,20,21,25). The average Bonchev–Trinajstić information content (AvgIpc) is 3.11. The zero-order chi connectivity index (χ0) is 18.3. The quantitative estimate of drug-likeness (QED) is 0.758. The molecule has 1 N–H and O–H groups in total. The maximum atomic E-state index is 12.3. The van der Waals surface area contributed by atoms with Crippen molar-refractivity contribution < 1.29 is 4.79 Å². The third kappa shape index (κ3) is 3.17. The van der Waals surface area contributed by atoms with Crippen LogP contribution in [0, 0.1) is 26.7 Å². The Kier molecular flexibility index (Phi) is 4.15. The predicted octanol–water partition coefficient (Wildman–Crippen LogP) is 2.12. The van der Waals surface area contributed by atoms with Gasteiger partial charge in [0.15, 0.2) is 10.9 Å². The highest BCUT2D eigenvalue weighted by Gasteiger charge is 2.34. The maximum absolute atomic E-state index is 12.3. The van der Waals surface area contributed by atoms with Crippen LogP contribution < -0.4 is 10.2 Å². The lowest BCUT2D eigenvalue weighted by Crippen LogP contribution is -2.52. The molecule has 3 aromatic rings. The van der Waals surface area contributed by atoms with Crippen LogP contribution in [-0.2, 0) is 4.79 Å². The number of nitrogens with zero attached hydrogens (tertiary/aromatic N) is 6. The zero-order valence-electron chi connectivity index (χ0n) is 14.8. The van der Waals surface area contributed by atoms with E-state index in [1.807, 2.05) is 38.3 Å². The van der Waals surface area contributed by atoms with Crippen LogP contribution in [0.15, 0.2) is 23.8 Å². The number of hydrogen-bond acceptors (Lipinski definition) is 7. The van der Waals surface area contributed by atoms with Crippen LogP contribution in [0.5, 0.6) is 0 Å². The molecule has 4 rings (SSSR count). The van der Waals surface area contributed by atoms with Gasteiger partial charge in [-0.05, 0) is 26.8 Å². The molecule has 0 atom stereocenters. The topological polar surface area (TPSA) is 88.8 Å². The second-order valence-corrected chi connectivity index (χ2v) is 7.32. The molecule has 0 unspecified atom stereocenters. The molecule has 26 heavy (non-hydrogen) atoms. The van der Waals surface area contributed by atoms with Crippen molar-refractivity contribution in [3.8, 4) is 5.82 Å². The first-order valence-electron chi connectivity index (χ1n) is 8.33. The highest BCUT2D eigenvalue weighted by molar-refractivity contribution is 7.13. The van der Waals surface area contributed by atoms with E-state index >= 15 is 0 Å². The van der Waals surface area contributed by atoms with Crippen molar-refractivity contribution in [2.24, 2.45) is 5.92 Å². The summed E-state index contributed by atoms with van der Waals surface area (Å²) in [4.78, 5) is 27.3. The summed E-state index contributed by atoms with van der Waals surface area (Å²) in [5.74, 6) is 1.47. The van der Waals surface area contributed by atoms with E-state index < -0.39 is 0 Å². The van der Waals surface area contributed by atoms with Crippen molar-refractivity contribution in [1.29, 1.82) is 0 Å². The summed E-state index contributed by atoms with van der Waals surface area (Å²) in [6, 6.07) is 3.91. The molecule has 1 aliphatic rings. The van der Waals surface area contributed by atoms with E-state index in [-0.39, 0.29) is 11.8 Å². The van der Waals surface area contributed by atoms with Crippen LogP contribution >= 0.6 is 11.3 Å². The lowest BCUT2D eigenvalue weighted by molar-refractivity contribution is -0.120. The number of nitrogens with one attached hydrogen (secondary N) is 1. The van der Waals surface area contributed by atoms with Gasteiger partial charge in [0, 0.05) is 30.2 Å². The van der Waals surface area contributed by atoms with E-state index in [4.69, 9.17) is 0 Å². The van der Waals surface area contributed by atoms with Crippen LogP contribution in [0.3, 0.4) is 0 Å². The second kappa shape index (κ2) is 6.49. The van der Waals surface area contributed by atoms with Gasteiger partial charge in [-0.25, -0.2) is 19.6 Å². The third-order valence-corrected chi connectivity index (χ3v) is 5.17. The lowest BCUT2D eigenvalue weighted by atomic mass is 9.99. The second-order valence-electron chi connectivity index (χ2n) is 6.46. The summed E-state index contributed by atoms with van der Waals surface area (Å²) in [6.45, 7) is 7.11. The van der Waals surface area contributed by atoms with Crippen molar-refractivity contribution in [2.45, 2.75) is 20.8 Å². The zero-order valence-corrected chi connectivity index (χ0v) is 15.6. The molecule has 9 heteroatoms.